The van der Waals surface area contributed by atoms with Crippen LogP contribution in [0.15, 0.2) is 54.7 Å². The molecule has 1 atom stereocenters. The van der Waals surface area contributed by atoms with E-state index < -0.39 is 6.10 Å². The number of nitrogens with one attached hydrogen (secondary N) is 2. The smallest absolute Gasteiger partial charge is 0.267 e. The summed E-state index contributed by atoms with van der Waals surface area (Å²) in [5, 5.41) is 3.94. The van der Waals surface area contributed by atoms with Crippen LogP contribution in [0.5, 0.6) is 5.75 Å². The summed E-state index contributed by atoms with van der Waals surface area (Å²) in [5.74, 6) is 0.520. The first-order chi connectivity index (χ1) is 13.1. The van der Waals surface area contributed by atoms with Gasteiger partial charge in [-0.3, -0.25) is 9.59 Å². The number of benzene rings is 2. The minimum atomic E-state index is -0.585. The van der Waals surface area contributed by atoms with Crippen molar-refractivity contribution in [3.8, 4) is 5.75 Å². The Morgan fingerprint density at radius 1 is 1.19 bits per heavy atom. The third kappa shape index (κ3) is 3.38. The zero-order chi connectivity index (χ0) is 18.8. The summed E-state index contributed by atoms with van der Waals surface area (Å²) in [5.41, 5.74) is 2.74. The lowest BCUT2D eigenvalue weighted by Crippen LogP contribution is -2.45. The third-order valence-electron chi connectivity index (χ3n) is 4.86. The fourth-order valence-corrected chi connectivity index (χ4v) is 3.41. The van der Waals surface area contributed by atoms with Crippen molar-refractivity contribution >= 4 is 28.4 Å². The van der Waals surface area contributed by atoms with E-state index in [1.54, 1.807) is 11.9 Å². The van der Waals surface area contributed by atoms with Crippen LogP contribution in [0.4, 0.5) is 5.69 Å². The van der Waals surface area contributed by atoms with Crippen molar-refractivity contribution in [3.63, 3.8) is 0 Å². The van der Waals surface area contributed by atoms with E-state index in [9.17, 15) is 9.59 Å². The van der Waals surface area contributed by atoms with Gasteiger partial charge in [0, 0.05) is 37.1 Å². The minimum Gasteiger partial charge on any atom is -0.478 e. The van der Waals surface area contributed by atoms with Crippen LogP contribution in [0.2, 0.25) is 0 Å². The molecule has 1 unspecified atom stereocenters. The Morgan fingerprint density at radius 2 is 1.96 bits per heavy atom. The molecule has 0 aliphatic carbocycles. The second-order valence-corrected chi connectivity index (χ2v) is 6.65. The normalized spacial score (nSPS) is 16.1. The van der Waals surface area contributed by atoms with Crippen molar-refractivity contribution in [1.82, 2.24) is 10.3 Å². The van der Waals surface area contributed by atoms with Crippen molar-refractivity contribution in [2.24, 2.45) is 0 Å². The molecule has 0 radical (unpaired) electrons. The maximum atomic E-state index is 12.5. The zero-order valence-electron chi connectivity index (χ0n) is 15.1. The average Bonchev–Trinajstić information content (AvgIpc) is 3.08. The van der Waals surface area contributed by atoms with Gasteiger partial charge in [-0.1, -0.05) is 30.3 Å². The molecule has 2 N–H and O–H groups in total. The van der Waals surface area contributed by atoms with Gasteiger partial charge in [0.2, 0.25) is 5.91 Å². The Morgan fingerprint density at radius 3 is 2.85 bits per heavy atom. The van der Waals surface area contributed by atoms with Gasteiger partial charge in [0.15, 0.2) is 6.10 Å². The molecule has 27 heavy (non-hydrogen) atoms. The summed E-state index contributed by atoms with van der Waals surface area (Å²) in [7, 11) is 1.74. The predicted octanol–water partition coefficient (Wildman–Crippen LogP) is 2.64. The van der Waals surface area contributed by atoms with Gasteiger partial charge in [-0.2, -0.15) is 0 Å². The summed E-state index contributed by atoms with van der Waals surface area (Å²) in [6, 6.07) is 15.3. The molecule has 2 heterocycles. The van der Waals surface area contributed by atoms with Crippen LogP contribution < -0.4 is 15.0 Å². The number of ether oxygens (including phenoxy) is 1. The van der Waals surface area contributed by atoms with E-state index in [0.29, 0.717) is 25.1 Å². The maximum absolute atomic E-state index is 12.5. The molecule has 0 bridgehead atoms. The van der Waals surface area contributed by atoms with Crippen molar-refractivity contribution in [2.75, 3.05) is 18.5 Å². The van der Waals surface area contributed by atoms with Crippen LogP contribution in [0.3, 0.4) is 0 Å². The number of H-pyrrole nitrogens is 1. The number of anilines is 1. The minimum absolute atomic E-state index is 0.0724. The van der Waals surface area contributed by atoms with E-state index in [-0.39, 0.29) is 11.8 Å². The first-order valence-electron chi connectivity index (χ1n) is 8.98. The predicted molar refractivity (Wildman–Crippen MR) is 104 cm³/mol. The molecular formula is C21H21N3O3. The molecular weight excluding hydrogens is 342 g/mol. The molecule has 6 nitrogen and oxygen atoms in total. The Labute approximate surface area is 157 Å². The zero-order valence-corrected chi connectivity index (χ0v) is 15.1. The molecule has 0 fully saturated rings. The van der Waals surface area contributed by atoms with E-state index in [0.717, 1.165) is 22.2 Å². The van der Waals surface area contributed by atoms with E-state index in [2.05, 4.69) is 10.3 Å². The van der Waals surface area contributed by atoms with Crippen molar-refractivity contribution in [3.05, 3.63) is 60.3 Å². The van der Waals surface area contributed by atoms with E-state index in [1.807, 2.05) is 54.7 Å². The first kappa shape index (κ1) is 17.1. The molecule has 6 heteroatoms. The number of para-hydroxylation sites is 3. The van der Waals surface area contributed by atoms with E-state index >= 15 is 0 Å². The highest BCUT2D eigenvalue weighted by Gasteiger charge is 2.31. The monoisotopic (exact) mass is 363 g/mol. The topological polar surface area (TPSA) is 74.4 Å². The Kier molecular flexibility index (Phi) is 4.54. The molecule has 138 valence electrons. The molecule has 1 aliphatic rings. The quantitative estimate of drug-likeness (QED) is 0.732. The lowest BCUT2D eigenvalue weighted by atomic mass is 10.1. The molecule has 2 aromatic carbocycles. The summed E-state index contributed by atoms with van der Waals surface area (Å²) < 4.78 is 5.81. The van der Waals surface area contributed by atoms with Crippen LogP contribution in [0.1, 0.15) is 12.0 Å². The number of carbonyl (C=O) groups is 2. The van der Waals surface area contributed by atoms with Crippen molar-refractivity contribution < 1.29 is 14.3 Å². The third-order valence-corrected chi connectivity index (χ3v) is 4.86. The summed E-state index contributed by atoms with van der Waals surface area (Å²) in [6.45, 7) is 0.383. The maximum Gasteiger partial charge on any atom is 0.267 e. The SMILES string of the molecule is CN1C(=O)C(CCNC(=O)Cc2c[nH]c3ccccc23)Oc2ccccc21. The molecule has 0 spiro atoms. The van der Waals surface area contributed by atoms with E-state index in [4.69, 9.17) is 4.74 Å². The number of aromatic nitrogens is 1. The Balaban J connectivity index is 1.33. The number of carbonyl (C=O) groups excluding carboxylic acids is 2. The van der Waals surface area contributed by atoms with Gasteiger partial charge >= 0.3 is 0 Å². The van der Waals surface area contributed by atoms with Gasteiger partial charge in [-0.25, -0.2) is 0 Å². The van der Waals surface area contributed by atoms with Crippen LogP contribution in [-0.4, -0.2) is 36.5 Å². The van der Waals surface area contributed by atoms with Crippen LogP contribution in [0.25, 0.3) is 10.9 Å². The lowest BCUT2D eigenvalue weighted by Gasteiger charge is -2.31. The molecule has 3 aromatic rings. The highest BCUT2D eigenvalue weighted by atomic mass is 16.5. The van der Waals surface area contributed by atoms with Gasteiger partial charge in [0.1, 0.15) is 5.75 Å². The fraction of sp³-hybridized carbons (Fsp3) is 0.238. The van der Waals surface area contributed by atoms with Crippen molar-refractivity contribution in [1.29, 1.82) is 0 Å². The summed E-state index contributed by atoms with van der Waals surface area (Å²) in [6.07, 6.45) is 2.01. The molecule has 2 amide bonds. The van der Waals surface area contributed by atoms with Gasteiger partial charge in [-0.05, 0) is 23.8 Å². The van der Waals surface area contributed by atoms with Gasteiger partial charge in [0.05, 0.1) is 12.1 Å². The lowest BCUT2D eigenvalue weighted by molar-refractivity contribution is -0.127. The standard InChI is InChI=1S/C21H21N3O3/c1-24-17-8-4-5-9-18(17)27-19(21(24)26)10-11-22-20(25)12-14-13-23-16-7-3-2-6-15(14)16/h2-9,13,19,23H,10-12H2,1H3,(H,22,25). The second-order valence-electron chi connectivity index (χ2n) is 6.65. The number of nitrogens with zero attached hydrogens (tertiary/aromatic N) is 1. The van der Waals surface area contributed by atoms with Crippen LogP contribution >= 0.6 is 0 Å². The number of rotatable bonds is 5. The largest absolute Gasteiger partial charge is 0.478 e. The number of hydrogen-bond acceptors (Lipinski definition) is 3. The number of aromatic amines is 1. The van der Waals surface area contributed by atoms with Crippen LogP contribution in [0, 0.1) is 0 Å². The highest BCUT2D eigenvalue weighted by Crippen LogP contribution is 2.33. The number of amides is 2. The van der Waals surface area contributed by atoms with Crippen LogP contribution in [-0.2, 0) is 16.0 Å². The Hall–Kier alpha value is -3.28. The summed E-state index contributed by atoms with van der Waals surface area (Å²) >= 11 is 0. The van der Waals surface area contributed by atoms with E-state index in [1.165, 1.54) is 0 Å². The molecule has 0 saturated carbocycles. The van der Waals surface area contributed by atoms with Gasteiger partial charge in [0.25, 0.3) is 5.91 Å². The summed E-state index contributed by atoms with van der Waals surface area (Å²) in [4.78, 5) is 29.5. The number of likely N-dealkylation sites (N-methyl/N-ethyl adjacent to an activating group) is 1. The Bertz CT molecular complexity index is 995. The molecule has 4 rings (SSSR count). The highest BCUT2D eigenvalue weighted by molar-refractivity contribution is 5.99. The van der Waals surface area contributed by atoms with Crippen molar-refractivity contribution in [2.45, 2.75) is 18.9 Å². The average molecular weight is 363 g/mol. The molecule has 0 saturated heterocycles. The van der Waals surface area contributed by atoms with Gasteiger partial charge < -0.3 is 19.9 Å². The first-order valence-corrected chi connectivity index (χ1v) is 8.98. The number of fused-ring (bicyclic) bond motifs is 2. The molecule has 1 aromatic heterocycles. The second kappa shape index (κ2) is 7.15. The van der Waals surface area contributed by atoms with Gasteiger partial charge in [-0.15, -0.1) is 0 Å². The number of hydrogen-bond donors (Lipinski definition) is 2. The fourth-order valence-electron chi connectivity index (χ4n) is 3.41. The molecule has 1 aliphatic heterocycles.